The van der Waals surface area contributed by atoms with Gasteiger partial charge in [0.1, 0.15) is 6.54 Å². The highest BCUT2D eigenvalue weighted by molar-refractivity contribution is 5.81. The number of benzene rings is 1. The molecule has 0 bridgehead atoms. The molecule has 0 aliphatic heterocycles. The summed E-state index contributed by atoms with van der Waals surface area (Å²) in [6, 6.07) is 9.66. The highest BCUT2D eigenvalue weighted by Crippen LogP contribution is 2.11. The van der Waals surface area contributed by atoms with Crippen LogP contribution in [0.2, 0.25) is 0 Å². The van der Waals surface area contributed by atoms with Crippen molar-refractivity contribution in [3.8, 4) is 0 Å². The van der Waals surface area contributed by atoms with Crippen LogP contribution < -0.4 is 0 Å². The predicted molar refractivity (Wildman–Crippen MR) is 91.1 cm³/mol. The highest BCUT2D eigenvalue weighted by Gasteiger charge is 2.18. The summed E-state index contributed by atoms with van der Waals surface area (Å²) in [6.07, 6.45) is 1.06. The average molecular weight is 345 g/mol. The average Bonchev–Trinajstić information content (AvgIpc) is 3.06. The van der Waals surface area contributed by atoms with Crippen molar-refractivity contribution in [3.63, 3.8) is 0 Å². The van der Waals surface area contributed by atoms with Crippen molar-refractivity contribution in [2.45, 2.75) is 39.0 Å². The van der Waals surface area contributed by atoms with Crippen molar-refractivity contribution >= 4 is 11.9 Å². The van der Waals surface area contributed by atoms with Gasteiger partial charge in [-0.2, -0.15) is 4.98 Å². The topological polar surface area (TPSA) is 96.5 Å². The smallest absolute Gasteiger partial charge is 0.323 e. The lowest BCUT2D eigenvalue weighted by atomic mass is 10.1. The zero-order chi connectivity index (χ0) is 18.2. The third kappa shape index (κ3) is 6.02. The molecule has 1 amide bonds. The van der Waals surface area contributed by atoms with Crippen molar-refractivity contribution in [1.82, 2.24) is 15.0 Å². The van der Waals surface area contributed by atoms with Gasteiger partial charge in [0.15, 0.2) is 5.82 Å². The maximum absolute atomic E-state index is 12.4. The molecule has 2 aromatic rings. The van der Waals surface area contributed by atoms with E-state index in [2.05, 4.69) is 10.1 Å². The molecule has 7 heteroatoms. The van der Waals surface area contributed by atoms with Gasteiger partial charge < -0.3 is 14.5 Å². The number of aryl methyl sites for hydroxylation is 1. The van der Waals surface area contributed by atoms with Gasteiger partial charge in [0.05, 0.1) is 0 Å². The largest absolute Gasteiger partial charge is 0.480 e. The zero-order valence-electron chi connectivity index (χ0n) is 14.5. The Balaban J connectivity index is 1.91. The molecule has 1 heterocycles. The summed E-state index contributed by atoms with van der Waals surface area (Å²) in [5.41, 5.74) is 1.06. The molecule has 0 aliphatic carbocycles. The number of hydrogen-bond acceptors (Lipinski definition) is 5. The van der Waals surface area contributed by atoms with E-state index in [-0.39, 0.29) is 24.8 Å². The molecule has 0 fully saturated rings. The number of aromatic nitrogens is 2. The van der Waals surface area contributed by atoms with Gasteiger partial charge in [-0.25, -0.2) is 0 Å². The monoisotopic (exact) mass is 345 g/mol. The van der Waals surface area contributed by atoms with Gasteiger partial charge in [-0.15, -0.1) is 0 Å². The fourth-order valence-electron chi connectivity index (χ4n) is 2.34. The minimum Gasteiger partial charge on any atom is -0.480 e. The van der Waals surface area contributed by atoms with Crippen molar-refractivity contribution < 1.29 is 19.2 Å². The number of carbonyl (C=O) groups is 2. The lowest BCUT2D eigenvalue weighted by Crippen LogP contribution is -2.37. The molecule has 0 radical (unpaired) electrons. The van der Waals surface area contributed by atoms with E-state index in [4.69, 9.17) is 9.63 Å². The van der Waals surface area contributed by atoms with Crippen LogP contribution in [0, 0.1) is 0 Å². The van der Waals surface area contributed by atoms with Crippen molar-refractivity contribution in [1.29, 1.82) is 0 Å². The third-order valence-corrected chi connectivity index (χ3v) is 3.74. The first kappa shape index (κ1) is 18.6. The first-order chi connectivity index (χ1) is 12.0. The van der Waals surface area contributed by atoms with E-state index >= 15 is 0 Å². The van der Waals surface area contributed by atoms with Crippen LogP contribution in [0.1, 0.15) is 43.5 Å². The van der Waals surface area contributed by atoms with Crippen LogP contribution in [0.4, 0.5) is 0 Å². The molecule has 0 saturated carbocycles. The van der Waals surface area contributed by atoms with Gasteiger partial charge in [-0.05, 0) is 12.0 Å². The summed E-state index contributed by atoms with van der Waals surface area (Å²) in [5, 5.41) is 12.9. The number of carboxylic acid groups (broad SMARTS) is 1. The van der Waals surface area contributed by atoms with E-state index in [1.165, 1.54) is 4.90 Å². The molecule has 7 nitrogen and oxygen atoms in total. The molecule has 2 rings (SSSR count). The standard InChI is InChI=1S/C18H23N3O4/c1-13(2)18-19-15(25-20-18)8-9-16(22)21(12-17(23)24)11-10-14-6-4-3-5-7-14/h3-7,13H,8-12H2,1-2H3,(H,23,24). The van der Waals surface area contributed by atoms with Gasteiger partial charge in [0.2, 0.25) is 11.8 Å². The van der Waals surface area contributed by atoms with Gasteiger partial charge in [-0.1, -0.05) is 49.3 Å². The quantitative estimate of drug-likeness (QED) is 0.749. The van der Waals surface area contributed by atoms with Gasteiger partial charge >= 0.3 is 5.97 Å². The lowest BCUT2D eigenvalue weighted by molar-refractivity contribution is -0.144. The van der Waals surface area contributed by atoms with Crippen LogP contribution in [0.25, 0.3) is 0 Å². The van der Waals surface area contributed by atoms with Crippen LogP contribution in [-0.4, -0.2) is 45.1 Å². The number of carboxylic acids is 1. The number of carbonyl (C=O) groups excluding carboxylic acids is 1. The number of aliphatic carboxylic acids is 1. The van der Waals surface area contributed by atoms with Crippen molar-refractivity contribution in [2.75, 3.05) is 13.1 Å². The van der Waals surface area contributed by atoms with Crippen molar-refractivity contribution in [2.24, 2.45) is 0 Å². The Morgan fingerprint density at radius 1 is 1.20 bits per heavy atom. The normalized spacial score (nSPS) is 10.8. The Labute approximate surface area is 146 Å². The lowest BCUT2D eigenvalue weighted by Gasteiger charge is -2.20. The SMILES string of the molecule is CC(C)c1noc(CCC(=O)N(CCc2ccccc2)CC(=O)O)n1. The second-order valence-electron chi connectivity index (χ2n) is 6.15. The van der Waals surface area contributed by atoms with Gasteiger partial charge in [-0.3, -0.25) is 9.59 Å². The van der Waals surface area contributed by atoms with E-state index < -0.39 is 5.97 Å². The molecule has 0 atom stereocenters. The van der Waals surface area contributed by atoms with Gasteiger partial charge in [0, 0.05) is 25.3 Å². The first-order valence-corrected chi connectivity index (χ1v) is 8.31. The van der Waals surface area contributed by atoms with E-state index in [1.54, 1.807) is 0 Å². The minimum atomic E-state index is -1.03. The Kier molecular flexibility index (Phi) is 6.68. The molecule has 1 aromatic carbocycles. The molecule has 1 aromatic heterocycles. The maximum atomic E-state index is 12.4. The predicted octanol–water partition coefficient (Wildman–Crippen LogP) is 2.28. The van der Waals surface area contributed by atoms with Crippen LogP contribution >= 0.6 is 0 Å². The number of rotatable bonds is 9. The van der Waals surface area contributed by atoms with Crippen LogP contribution in [0.3, 0.4) is 0 Å². The zero-order valence-corrected chi connectivity index (χ0v) is 14.5. The Morgan fingerprint density at radius 2 is 1.92 bits per heavy atom. The molecule has 0 saturated heterocycles. The van der Waals surface area contributed by atoms with E-state index in [9.17, 15) is 9.59 Å². The molecule has 1 N–H and O–H groups in total. The third-order valence-electron chi connectivity index (χ3n) is 3.74. The first-order valence-electron chi connectivity index (χ1n) is 8.31. The van der Waals surface area contributed by atoms with E-state index in [0.29, 0.717) is 31.1 Å². The summed E-state index contributed by atoms with van der Waals surface area (Å²) in [5.74, 6) is -0.101. The molecule has 0 spiro atoms. The molecule has 25 heavy (non-hydrogen) atoms. The molecule has 0 unspecified atom stereocenters. The summed E-state index contributed by atoms with van der Waals surface area (Å²) < 4.78 is 5.12. The number of nitrogens with zero attached hydrogens (tertiary/aromatic N) is 3. The second kappa shape index (κ2) is 8.96. The second-order valence-corrected chi connectivity index (χ2v) is 6.15. The Hall–Kier alpha value is -2.70. The van der Waals surface area contributed by atoms with Crippen LogP contribution in [0.15, 0.2) is 34.9 Å². The maximum Gasteiger partial charge on any atom is 0.323 e. The molecule has 134 valence electrons. The molecular formula is C18H23N3O4. The highest BCUT2D eigenvalue weighted by atomic mass is 16.5. The minimum absolute atomic E-state index is 0.141. The van der Waals surface area contributed by atoms with E-state index in [1.807, 2.05) is 44.2 Å². The molecule has 0 aliphatic rings. The number of amides is 1. The number of hydrogen-bond donors (Lipinski definition) is 1. The van der Waals surface area contributed by atoms with Gasteiger partial charge in [0.25, 0.3) is 0 Å². The Bertz CT molecular complexity index is 697. The summed E-state index contributed by atoms with van der Waals surface area (Å²) >= 11 is 0. The summed E-state index contributed by atoms with van der Waals surface area (Å²) in [7, 11) is 0. The van der Waals surface area contributed by atoms with E-state index in [0.717, 1.165) is 5.56 Å². The van der Waals surface area contributed by atoms with Crippen LogP contribution in [0.5, 0.6) is 0 Å². The Morgan fingerprint density at radius 3 is 2.52 bits per heavy atom. The van der Waals surface area contributed by atoms with Crippen LogP contribution in [-0.2, 0) is 22.4 Å². The summed E-state index contributed by atoms with van der Waals surface area (Å²) in [6.45, 7) is 3.96. The van der Waals surface area contributed by atoms with Crippen molar-refractivity contribution in [3.05, 3.63) is 47.6 Å². The molecular weight excluding hydrogens is 322 g/mol. The fraction of sp³-hybridized carbons (Fsp3) is 0.444. The fourth-order valence-corrected chi connectivity index (χ4v) is 2.34. The summed E-state index contributed by atoms with van der Waals surface area (Å²) in [4.78, 5) is 29.0.